The van der Waals surface area contributed by atoms with Crippen molar-refractivity contribution in [3.05, 3.63) is 65.4 Å². The molecule has 0 aromatic heterocycles. The minimum absolute atomic E-state index is 0.0150. The van der Waals surface area contributed by atoms with Gasteiger partial charge in [-0.05, 0) is 29.8 Å². The number of benzene rings is 2. The average Bonchev–Trinajstić information content (AvgIpc) is 3.01. The second-order valence-corrected chi connectivity index (χ2v) is 8.64. The Bertz CT molecular complexity index is 1130. The molecule has 0 saturated heterocycles. The predicted molar refractivity (Wildman–Crippen MR) is 123 cm³/mol. The van der Waals surface area contributed by atoms with Gasteiger partial charge in [-0.2, -0.15) is 0 Å². The molecule has 33 heavy (non-hydrogen) atoms. The summed E-state index contributed by atoms with van der Waals surface area (Å²) in [6.07, 6.45) is 1.42. The third-order valence-corrected chi connectivity index (χ3v) is 6.03. The van der Waals surface area contributed by atoms with Gasteiger partial charge in [0.15, 0.2) is 29.7 Å². The molecule has 0 atom stereocenters. The van der Waals surface area contributed by atoms with Crippen LogP contribution in [0.3, 0.4) is 0 Å². The Balaban J connectivity index is 1.29. The Kier molecular flexibility index (Phi) is 6.22. The molecule has 0 radical (unpaired) electrons. The number of ketones is 2. The molecule has 0 saturated carbocycles. The molecule has 2 aromatic rings. The second-order valence-electron chi connectivity index (χ2n) is 8.64. The number of fused-ring (bicyclic) bond motifs is 2. The molecule has 0 amide bonds. The highest BCUT2D eigenvalue weighted by Gasteiger charge is 2.38. The van der Waals surface area contributed by atoms with Crippen LogP contribution in [0, 0.1) is 0 Å². The van der Waals surface area contributed by atoms with Gasteiger partial charge in [0.2, 0.25) is 0 Å². The molecule has 172 valence electrons. The van der Waals surface area contributed by atoms with Gasteiger partial charge in [0, 0.05) is 41.9 Å². The van der Waals surface area contributed by atoms with Crippen LogP contribution in [0.5, 0.6) is 11.5 Å². The summed E-state index contributed by atoms with van der Waals surface area (Å²) in [6, 6.07) is 13.0. The molecule has 0 unspecified atom stereocenters. The number of likely N-dealkylation sites (N-methyl/N-ethyl adjacent to an activating group) is 1. The first-order chi connectivity index (χ1) is 15.8. The Morgan fingerprint density at radius 1 is 1.03 bits per heavy atom. The first-order valence-corrected chi connectivity index (χ1v) is 10.9. The van der Waals surface area contributed by atoms with Gasteiger partial charge >= 0.3 is 5.97 Å². The number of carbonyl (C=O) groups is 3. The van der Waals surface area contributed by atoms with Gasteiger partial charge in [-0.25, -0.2) is 0 Å². The van der Waals surface area contributed by atoms with Crippen molar-refractivity contribution in [2.75, 3.05) is 31.8 Å². The lowest BCUT2D eigenvalue weighted by atomic mass is 9.83. The first kappa shape index (κ1) is 22.6. The van der Waals surface area contributed by atoms with E-state index in [0.29, 0.717) is 30.3 Å². The normalized spacial score (nSPS) is 16.9. The van der Waals surface area contributed by atoms with Crippen molar-refractivity contribution in [1.82, 2.24) is 0 Å². The summed E-state index contributed by atoms with van der Waals surface area (Å²) in [4.78, 5) is 39.1. The Hall–Kier alpha value is -3.61. The summed E-state index contributed by atoms with van der Waals surface area (Å²) in [5.41, 5.74) is 3.15. The van der Waals surface area contributed by atoms with E-state index in [-0.39, 0.29) is 36.4 Å². The Morgan fingerprint density at radius 3 is 2.52 bits per heavy atom. The van der Waals surface area contributed by atoms with E-state index in [4.69, 9.17) is 14.2 Å². The van der Waals surface area contributed by atoms with Crippen molar-refractivity contribution in [1.29, 1.82) is 0 Å². The number of ether oxygens (including phenoxy) is 3. The molecular weight excluding hydrogens is 422 g/mol. The predicted octanol–water partition coefficient (Wildman–Crippen LogP) is 3.84. The molecule has 0 fully saturated rings. The maximum atomic E-state index is 12.5. The highest BCUT2D eigenvalue weighted by atomic mass is 16.6. The van der Waals surface area contributed by atoms with Gasteiger partial charge in [-0.1, -0.05) is 32.0 Å². The maximum absolute atomic E-state index is 12.5. The Labute approximate surface area is 192 Å². The summed E-state index contributed by atoms with van der Waals surface area (Å²) in [5.74, 6) is 0.0305. The lowest BCUT2D eigenvalue weighted by Crippen LogP contribution is -2.25. The number of esters is 1. The van der Waals surface area contributed by atoms with E-state index < -0.39 is 5.97 Å². The summed E-state index contributed by atoms with van der Waals surface area (Å²) < 4.78 is 16.1. The number of allylic oxidation sites excluding steroid dienone is 1. The fourth-order valence-electron chi connectivity index (χ4n) is 4.25. The van der Waals surface area contributed by atoms with Gasteiger partial charge in [0.25, 0.3) is 0 Å². The number of anilines is 1. The van der Waals surface area contributed by atoms with E-state index in [0.717, 1.165) is 16.9 Å². The van der Waals surface area contributed by atoms with Crippen molar-refractivity contribution in [2.24, 2.45) is 0 Å². The molecule has 0 N–H and O–H groups in total. The van der Waals surface area contributed by atoms with Crippen LogP contribution >= 0.6 is 0 Å². The van der Waals surface area contributed by atoms with E-state index >= 15 is 0 Å². The van der Waals surface area contributed by atoms with Crippen molar-refractivity contribution in [3.63, 3.8) is 0 Å². The molecule has 2 heterocycles. The molecule has 2 aliphatic rings. The average molecular weight is 450 g/mol. The van der Waals surface area contributed by atoms with Gasteiger partial charge in [0.1, 0.15) is 13.2 Å². The number of hydrogen-bond donors (Lipinski definition) is 0. The quantitative estimate of drug-likeness (QED) is 0.361. The molecule has 2 aliphatic heterocycles. The SMILES string of the molecule is CN1/C(=C/C(=O)COC(=O)CCC(=O)c2ccc3c(c2)OCCO3)C(C)(C)c2ccccc21. The first-order valence-electron chi connectivity index (χ1n) is 10.9. The summed E-state index contributed by atoms with van der Waals surface area (Å²) >= 11 is 0. The van der Waals surface area contributed by atoms with Crippen LogP contribution in [0.15, 0.2) is 54.2 Å². The van der Waals surface area contributed by atoms with Crippen LogP contribution in [0.1, 0.15) is 42.6 Å². The van der Waals surface area contributed by atoms with Crippen molar-refractivity contribution in [3.8, 4) is 11.5 Å². The van der Waals surface area contributed by atoms with E-state index in [1.807, 2.05) is 30.1 Å². The van der Waals surface area contributed by atoms with Crippen LogP contribution in [0.25, 0.3) is 0 Å². The zero-order chi connectivity index (χ0) is 23.6. The molecule has 0 spiro atoms. The van der Waals surface area contributed by atoms with Crippen molar-refractivity contribution < 1.29 is 28.6 Å². The fraction of sp³-hybridized carbons (Fsp3) is 0.346. The molecule has 0 aliphatic carbocycles. The minimum Gasteiger partial charge on any atom is -0.486 e. The smallest absolute Gasteiger partial charge is 0.306 e. The summed E-state index contributed by atoms with van der Waals surface area (Å²) in [5, 5.41) is 0. The third-order valence-electron chi connectivity index (χ3n) is 6.03. The van der Waals surface area contributed by atoms with Crippen LogP contribution < -0.4 is 14.4 Å². The lowest BCUT2D eigenvalue weighted by Gasteiger charge is -2.23. The van der Waals surface area contributed by atoms with E-state index in [1.165, 1.54) is 6.08 Å². The Morgan fingerprint density at radius 2 is 1.76 bits per heavy atom. The molecule has 2 aromatic carbocycles. The number of rotatable bonds is 7. The van der Waals surface area contributed by atoms with Crippen molar-refractivity contribution in [2.45, 2.75) is 32.1 Å². The largest absolute Gasteiger partial charge is 0.486 e. The third kappa shape index (κ3) is 4.62. The van der Waals surface area contributed by atoms with Crippen LogP contribution in [-0.4, -0.2) is 44.4 Å². The fourth-order valence-corrected chi connectivity index (χ4v) is 4.25. The highest BCUT2D eigenvalue weighted by molar-refractivity contribution is 5.98. The number of para-hydroxylation sites is 1. The molecular formula is C26H27NO6. The number of nitrogens with zero attached hydrogens (tertiary/aromatic N) is 1. The topological polar surface area (TPSA) is 82.1 Å². The van der Waals surface area contributed by atoms with Gasteiger partial charge in [-0.3, -0.25) is 14.4 Å². The molecule has 0 bridgehead atoms. The second kappa shape index (κ2) is 9.10. The number of carbonyl (C=O) groups excluding carboxylic acids is 3. The molecule has 7 heteroatoms. The molecule has 4 rings (SSSR count). The van der Waals surface area contributed by atoms with E-state index in [2.05, 4.69) is 19.9 Å². The zero-order valence-electron chi connectivity index (χ0n) is 19.1. The highest BCUT2D eigenvalue weighted by Crippen LogP contribution is 2.46. The number of hydrogen-bond acceptors (Lipinski definition) is 7. The zero-order valence-corrected chi connectivity index (χ0v) is 19.1. The summed E-state index contributed by atoms with van der Waals surface area (Å²) in [7, 11) is 1.92. The van der Waals surface area contributed by atoms with Gasteiger partial charge in [-0.15, -0.1) is 0 Å². The van der Waals surface area contributed by atoms with E-state index in [9.17, 15) is 14.4 Å². The van der Waals surface area contributed by atoms with Gasteiger partial charge in [0.05, 0.1) is 6.42 Å². The monoisotopic (exact) mass is 449 g/mol. The van der Waals surface area contributed by atoms with E-state index in [1.54, 1.807) is 18.2 Å². The number of Topliss-reactive ketones (excluding diaryl/α,β-unsaturated/α-hetero) is 1. The standard InChI is InChI=1S/C26H27NO6/c1-26(2)19-6-4-5-7-20(19)27(3)24(26)15-18(28)16-33-25(30)11-9-21(29)17-8-10-22-23(14-17)32-13-12-31-22/h4-8,10,14-15H,9,11-13,16H2,1-3H3/b24-15+. The van der Waals surface area contributed by atoms with Crippen LogP contribution in [-0.2, 0) is 19.7 Å². The van der Waals surface area contributed by atoms with Crippen LogP contribution in [0.2, 0.25) is 0 Å². The minimum atomic E-state index is -0.588. The lowest BCUT2D eigenvalue weighted by molar-refractivity contribution is -0.146. The summed E-state index contributed by atoms with van der Waals surface area (Å²) in [6.45, 7) is 4.66. The van der Waals surface area contributed by atoms with Crippen molar-refractivity contribution >= 4 is 23.2 Å². The maximum Gasteiger partial charge on any atom is 0.306 e. The van der Waals surface area contributed by atoms with Gasteiger partial charge < -0.3 is 19.1 Å². The van der Waals surface area contributed by atoms with Crippen LogP contribution in [0.4, 0.5) is 5.69 Å². The molecule has 7 nitrogen and oxygen atoms in total.